The van der Waals surface area contributed by atoms with Crippen molar-refractivity contribution in [3.05, 3.63) is 53.6 Å². The average molecular weight is 346 g/mol. The standard InChI is InChI=1S/C19H26N2O2S/c1-15-5-10-18(19(13-15)23-12-11-21(2)3)20-14-16-6-8-17(9-7-16)24(4)22/h5-10,13,20H,11-12,14H2,1-4H3/t24-/m1/s1. The highest BCUT2D eigenvalue weighted by atomic mass is 32.2. The first-order valence-corrected chi connectivity index (χ1v) is 9.56. The number of aryl methyl sites for hydroxylation is 1. The highest BCUT2D eigenvalue weighted by molar-refractivity contribution is 7.84. The first kappa shape index (κ1) is 18.5. The van der Waals surface area contributed by atoms with Crippen molar-refractivity contribution in [3.8, 4) is 5.75 Å². The molecule has 2 aromatic rings. The van der Waals surface area contributed by atoms with Gasteiger partial charge in [-0.05, 0) is 56.4 Å². The molecule has 0 aliphatic rings. The van der Waals surface area contributed by atoms with Crippen molar-refractivity contribution >= 4 is 16.5 Å². The smallest absolute Gasteiger partial charge is 0.142 e. The topological polar surface area (TPSA) is 41.6 Å². The van der Waals surface area contributed by atoms with Crippen LogP contribution in [0.4, 0.5) is 5.69 Å². The predicted octanol–water partition coefficient (Wildman–Crippen LogP) is 3.28. The van der Waals surface area contributed by atoms with E-state index in [1.807, 2.05) is 38.4 Å². The molecule has 0 heterocycles. The maximum atomic E-state index is 11.4. The Morgan fingerprint density at radius 2 is 1.83 bits per heavy atom. The molecule has 0 amide bonds. The average Bonchev–Trinajstić information content (AvgIpc) is 2.54. The molecule has 1 N–H and O–H groups in total. The van der Waals surface area contributed by atoms with Crippen molar-refractivity contribution in [2.75, 3.05) is 38.8 Å². The zero-order valence-corrected chi connectivity index (χ0v) is 15.7. The van der Waals surface area contributed by atoms with E-state index in [1.54, 1.807) is 6.26 Å². The molecule has 0 aliphatic heterocycles. The molecular formula is C19H26N2O2S. The van der Waals surface area contributed by atoms with Gasteiger partial charge in [-0.25, -0.2) is 0 Å². The van der Waals surface area contributed by atoms with E-state index >= 15 is 0 Å². The molecule has 4 nitrogen and oxygen atoms in total. The van der Waals surface area contributed by atoms with E-state index in [4.69, 9.17) is 4.74 Å². The fourth-order valence-corrected chi connectivity index (χ4v) is 2.75. The van der Waals surface area contributed by atoms with Gasteiger partial charge in [-0.15, -0.1) is 0 Å². The molecule has 2 aromatic carbocycles. The molecule has 0 saturated carbocycles. The Hall–Kier alpha value is -1.85. The van der Waals surface area contributed by atoms with E-state index in [0.29, 0.717) is 13.2 Å². The van der Waals surface area contributed by atoms with E-state index in [0.717, 1.165) is 28.4 Å². The quantitative estimate of drug-likeness (QED) is 0.796. The number of nitrogens with zero attached hydrogens (tertiary/aromatic N) is 1. The van der Waals surface area contributed by atoms with Crippen LogP contribution < -0.4 is 10.1 Å². The normalized spacial score (nSPS) is 12.2. The second-order valence-electron chi connectivity index (χ2n) is 6.10. The molecule has 0 saturated heterocycles. The van der Waals surface area contributed by atoms with E-state index in [1.165, 1.54) is 5.56 Å². The third-order valence-corrected chi connectivity index (χ3v) is 4.61. The molecule has 0 bridgehead atoms. The van der Waals surface area contributed by atoms with Crippen molar-refractivity contribution in [2.45, 2.75) is 18.4 Å². The second kappa shape index (κ2) is 8.85. The number of hydrogen-bond acceptors (Lipinski definition) is 4. The predicted molar refractivity (Wildman–Crippen MR) is 101 cm³/mol. The van der Waals surface area contributed by atoms with E-state index in [2.05, 4.69) is 35.3 Å². The van der Waals surface area contributed by atoms with Crippen molar-refractivity contribution in [1.29, 1.82) is 0 Å². The Balaban J connectivity index is 2.01. The van der Waals surface area contributed by atoms with Crippen molar-refractivity contribution in [3.63, 3.8) is 0 Å². The van der Waals surface area contributed by atoms with Crippen LogP contribution in [0.5, 0.6) is 5.75 Å². The number of nitrogens with one attached hydrogen (secondary N) is 1. The number of anilines is 1. The minimum absolute atomic E-state index is 0.655. The molecule has 0 fully saturated rings. The monoisotopic (exact) mass is 346 g/mol. The summed E-state index contributed by atoms with van der Waals surface area (Å²) in [6.07, 6.45) is 1.69. The Kier molecular flexibility index (Phi) is 6.82. The van der Waals surface area contributed by atoms with Crippen LogP contribution in [0.1, 0.15) is 11.1 Å². The van der Waals surface area contributed by atoms with Gasteiger partial charge in [0.1, 0.15) is 12.4 Å². The van der Waals surface area contributed by atoms with Gasteiger partial charge in [-0.1, -0.05) is 18.2 Å². The Labute approximate surface area is 147 Å². The van der Waals surface area contributed by atoms with Crippen molar-refractivity contribution < 1.29 is 8.95 Å². The minimum atomic E-state index is -0.936. The third-order valence-electron chi connectivity index (χ3n) is 3.67. The van der Waals surface area contributed by atoms with Crippen LogP contribution in [-0.4, -0.2) is 42.6 Å². The first-order chi connectivity index (χ1) is 11.5. The first-order valence-electron chi connectivity index (χ1n) is 8.00. The highest BCUT2D eigenvalue weighted by Crippen LogP contribution is 2.26. The van der Waals surface area contributed by atoms with Crippen LogP contribution in [-0.2, 0) is 17.3 Å². The molecule has 24 heavy (non-hydrogen) atoms. The zero-order valence-electron chi connectivity index (χ0n) is 14.8. The Bertz CT molecular complexity index is 684. The molecule has 0 aromatic heterocycles. The number of ether oxygens (including phenoxy) is 1. The summed E-state index contributed by atoms with van der Waals surface area (Å²) in [6, 6.07) is 14.0. The third kappa shape index (κ3) is 5.65. The lowest BCUT2D eigenvalue weighted by molar-refractivity contribution is 0.262. The van der Waals surface area contributed by atoms with Gasteiger partial charge in [-0.2, -0.15) is 0 Å². The van der Waals surface area contributed by atoms with Gasteiger partial charge in [-0.3, -0.25) is 4.21 Å². The van der Waals surface area contributed by atoms with Crippen molar-refractivity contribution in [1.82, 2.24) is 4.90 Å². The number of rotatable bonds is 8. The van der Waals surface area contributed by atoms with E-state index in [9.17, 15) is 4.21 Å². The minimum Gasteiger partial charge on any atom is -0.490 e. The van der Waals surface area contributed by atoms with Crippen LogP contribution in [0.25, 0.3) is 0 Å². The molecular weight excluding hydrogens is 320 g/mol. The van der Waals surface area contributed by atoms with E-state index < -0.39 is 10.8 Å². The number of hydrogen-bond donors (Lipinski definition) is 1. The summed E-state index contributed by atoms with van der Waals surface area (Å²) >= 11 is 0. The highest BCUT2D eigenvalue weighted by Gasteiger charge is 2.05. The SMILES string of the molecule is Cc1ccc(NCc2ccc([S@@](C)=O)cc2)c(OCCN(C)C)c1. The lowest BCUT2D eigenvalue weighted by Gasteiger charge is -2.16. The maximum Gasteiger partial charge on any atom is 0.142 e. The molecule has 5 heteroatoms. The van der Waals surface area contributed by atoms with Crippen LogP contribution in [0.2, 0.25) is 0 Å². The number of benzene rings is 2. The summed E-state index contributed by atoms with van der Waals surface area (Å²) < 4.78 is 17.4. The zero-order chi connectivity index (χ0) is 17.5. The van der Waals surface area contributed by atoms with Gasteiger partial charge in [0.05, 0.1) is 5.69 Å². The Morgan fingerprint density at radius 3 is 2.46 bits per heavy atom. The molecule has 1 atom stereocenters. The van der Waals surface area contributed by atoms with Gasteiger partial charge in [0.25, 0.3) is 0 Å². The molecule has 2 rings (SSSR count). The van der Waals surface area contributed by atoms with Gasteiger partial charge in [0.15, 0.2) is 0 Å². The maximum absolute atomic E-state index is 11.4. The molecule has 0 unspecified atom stereocenters. The summed E-state index contributed by atoms with van der Waals surface area (Å²) in [4.78, 5) is 2.95. The van der Waals surface area contributed by atoms with Crippen LogP contribution in [0.3, 0.4) is 0 Å². The van der Waals surface area contributed by atoms with Gasteiger partial charge in [0.2, 0.25) is 0 Å². The van der Waals surface area contributed by atoms with Crippen LogP contribution in [0, 0.1) is 6.92 Å². The fraction of sp³-hybridized carbons (Fsp3) is 0.368. The summed E-state index contributed by atoms with van der Waals surface area (Å²) in [5, 5.41) is 3.43. The molecule has 0 radical (unpaired) electrons. The molecule has 0 aliphatic carbocycles. The molecule has 0 spiro atoms. The van der Waals surface area contributed by atoms with Crippen molar-refractivity contribution in [2.24, 2.45) is 0 Å². The van der Waals surface area contributed by atoms with Gasteiger partial charge >= 0.3 is 0 Å². The lowest BCUT2D eigenvalue weighted by atomic mass is 10.2. The van der Waals surface area contributed by atoms with Gasteiger partial charge < -0.3 is 15.0 Å². The van der Waals surface area contributed by atoms with Gasteiger partial charge in [0, 0.05) is 35.0 Å². The second-order valence-corrected chi connectivity index (χ2v) is 7.48. The lowest BCUT2D eigenvalue weighted by Crippen LogP contribution is -2.19. The summed E-state index contributed by atoms with van der Waals surface area (Å²) in [7, 11) is 3.13. The van der Waals surface area contributed by atoms with Crippen LogP contribution >= 0.6 is 0 Å². The summed E-state index contributed by atoms with van der Waals surface area (Å²) in [5.74, 6) is 0.878. The summed E-state index contributed by atoms with van der Waals surface area (Å²) in [6.45, 7) is 4.29. The molecule has 130 valence electrons. The van der Waals surface area contributed by atoms with E-state index in [-0.39, 0.29) is 0 Å². The fourth-order valence-electron chi connectivity index (χ4n) is 2.23. The Morgan fingerprint density at radius 1 is 1.12 bits per heavy atom. The largest absolute Gasteiger partial charge is 0.490 e. The van der Waals surface area contributed by atoms with Crippen LogP contribution in [0.15, 0.2) is 47.4 Å². The number of likely N-dealkylation sites (N-methyl/N-ethyl adjacent to an activating group) is 1. The summed E-state index contributed by atoms with van der Waals surface area (Å²) in [5.41, 5.74) is 3.31.